The van der Waals surface area contributed by atoms with E-state index in [1.807, 2.05) is 48.5 Å². The van der Waals surface area contributed by atoms with Crippen molar-refractivity contribution in [1.29, 1.82) is 0 Å². The average molecular weight is 342 g/mol. The molecule has 0 unspecified atom stereocenters. The molecular weight excluding hydrogens is 322 g/mol. The van der Waals surface area contributed by atoms with Gasteiger partial charge in [0.25, 0.3) is 0 Å². The summed E-state index contributed by atoms with van der Waals surface area (Å²) in [5.74, 6) is 0.771. The minimum absolute atomic E-state index is 0. The van der Waals surface area contributed by atoms with Crippen molar-refractivity contribution in [2.75, 3.05) is 25.6 Å². The van der Waals surface area contributed by atoms with Crippen molar-refractivity contribution in [3.05, 3.63) is 66.7 Å². The summed E-state index contributed by atoms with van der Waals surface area (Å²) in [5.41, 5.74) is 4.07. The molecule has 0 amide bonds. The van der Waals surface area contributed by atoms with Gasteiger partial charge in [0, 0.05) is 24.8 Å². The molecule has 0 aliphatic carbocycles. The van der Waals surface area contributed by atoms with Crippen LogP contribution in [0.1, 0.15) is 0 Å². The van der Waals surface area contributed by atoms with Gasteiger partial charge in [-0.3, -0.25) is 0 Å². The molecule has 0 saturated carbocycles. The number of hydrogen-bond acceptors (Lipinski definition) is 4. The van der Waals surface area contributed by atoms with Crippen molar-refractivity contribution in [3.63, 3.8) is 0 Å². The zero-order valence-corrected chi connectivity index (χ0v) is 14.3. The minimum Gasteiger partial charge on any atom is -0.383 e. The lowest BCUT2D eigenvalue weighted by Crippen LogP contribution is -2.10. The van der Waals surface area contributed by atoms with Gasteiger partial charge in [-0.05, 0) is 11.6 Å². The first-order valence-electron chi connectivity index (χ1n) is 7.60. The molecule has 0 bridgehead atoms. The standard InChI is InChI=1S/C19H19N3O.ClH/c1-23-13-12-20-19-17(15-8-4-2-5-9-15)14-18(21-22-19)16-10-6-3-7-11-16;/h2-11,14H,12-13H2,1H3,(H,20,22);1H. The first-order chi connectivity index (χ1) is 11.4. The summed E-state index contributed by atoms with van der Waals surface area (Å²) >= 11 is 0. The van der Waals surface area contributed by atoms with Gasteiger partial charge in [-0.2, -0.15) is 0 Å². The summed E-state index contributed by atoms with van der Waals surface area (Å²) in [5, 5.41) is 12.0. The highest BCUT2D eigenvalue weighted by atomic mass is 35.5. The van der Waals surface area contributed by atoms with Crippen molar-refractivity contribution in [2.45, 2.75) is 0 Å². The molecule has 0 aliphatic rings. The van der Waals surface area contributed by atoms with Crippen LogP contribution in [0.5, 0.6) is 0 Å². The molecule has 3 rings (SSSR count). The predicted octanol–water partition coefficient (Wildman–Crippen LogP) is 4.29. The highest BCUT2D eigenvalue weighted by Crippen LogP contribution is 2.29. The van der Waals surface area contributed by atoms with E-state index in [1.165, 1.54) is 0 Å². The molecule has 1 N–H and O–H groups in total. The topological polar surface area (TPSA) is 47.0 Å². The van der Waals surface area contributed by atoms with E-state index in [4.69, 9.17) is 4.74 Å². The summed E-state index contributed by atoms with van der Waals surface area (Å²) in [4.78, 5) is 0. The maximum absolute atomic E-state index is 5.09. The van der Waals surface area contributed by atoms with E-state index < -0.39 is 0 Å². The number of ether oxygens (including phenoxy) is 1. The molecule has 0 fully saturated rings. The molecule has 0 radical (unpaired) electrons. The second-order valence-corrected chi connectivity index (χ2v) is 5.14. The fraction of sp³-hybridized carbons (Fsp3) is 0.158. The van der Waals surface area contributed by atoms with Crippen molar-refractivity contribution < 1.29 is 4.74 Å². The van der Waals surface area contributed by atoms with Crippen LogP contribution in [0, 0.1) is 0 Å². The monoisotopic (exact) mass is 341 g/mol. The summed E-state index contributed by atoms with van der Waals surface area (Å²) < 4.78 is 5.09. The van der Waals surface area contributed by atoms with Gasteiger partial charge < -0.3 is 10.1 Å². The van der Waals surface area contributed by atoms with E-state index in [0.29, 0.717) is 13.2 Å². The van der Waals surface area contributed by atoms with E-state index in [0.717, 1.165) is 28.2 Å². The summed E-state index contributed by atoms with van der Waals surface area (Å²) in [6.45, 7) is 1.31. The molecular formula is C19H20ClN3O. The Morgan fingerprint density at radius 3 is 2.12 bits per heavy atom. The number of nitrogens with zero attached hydrogens (tertiary/aromatic N) is 2. The molecule has 4 nitrogen and oxygen atoms in total. The highest BCUT2D eigenvalue weighted by molar-refractivity contribution is 5.85. The van der Waals surface area contributed by atoms with Crippen molar-refractivity contribution >= 4 is 18.2 Å². The van der Waals surface area contributed by atoms with Crippen LogP contribution in [0.15, 0.2) is 66.7 Å². The van der Waals surface area contributed by atoms with Gasteiger partial charge >= 0.3 is 0 Å². The van der Waals surface area contributed by atoms with Crippen LogP contribution >= 0.6 is 12.4 Å². The van der Waals surface area contributed by atoms with Gasteiger partial charge in [-0.15, -0.1) is 22.6 Å². The Morgan fingerprint density at radius 2 is 1.50 bits per heavy atom. The van der Waals surface area contributed by atoms with Crippen LogP contribution in [0.2, 0.25) is 0 Å². The number of benzene rings is 2. The third-order valence-corrected chi connectivity index (χ3v) is 3.55. The maximum atomic E-state index is 5.09. The van der Waals surface area contributed by atoms with Crippen LogP contribution in [-0.4, -0.2) is 30.5 Å². The van der Waals surface area contributed by atoms with Gasteiger partial charge in [-0.25, -0.2) is 0 Å². The fourth-order valence-electron chi connectivity index (χ4n) is 2.38. The van der Waals surface area contributed by atoms with E-state index >= 15 is 0 Å². The Morgan fingerprint density at radius 1 is 0.875 bits per heavy atom. The molecule has 0 spiro atoms. The average Bonchev–Trinajstić information content (AvgIpc) is 2.63. The fourth-order valence-corrected chi connectivity index (χ4v) is 2.38. The number of nitrogens with one attached hydrogen (secondary N) is 1. The van der Waals surface area contributed by atoms with E-state index in [1.54, 1.807) is 7.11 Å². The van der Waals surface area contributed by atoms with Crippen LogP contribution in [0.4, 0.5) is 5.82 Å². The van der Waals surface area contributed by atoms with Gasteiger partial charge in [-0.1, -0.05) is 60.7 Å². The molecule has 1 aromatic heterocycles. The SMILES string of the molecule is COCCNc1nnc(-c2ccccc2)cc1-c1ccccc1.Cl. The first kappa shape index (κ1) is 17.9. The van der Waals surface area contributed by atoms with Gasteiger partial charge in [0.15, 0.2) is 5.82 Å². The second-order valence-electron chi connectivity index (χ2n) is 5.14. The summed E-state index contributed by atoms with van der Waals surface area (Å²) in [6.07, 6.45) is 0. The lowest BCUT2D eigenvalue weighted by Gasteiger charge is -2.12. The molecule has 2 aromatic carbocycles. The Kier molecular flexibility index (Phi) is 6.73. The number of hydrogen-bond donors (Lipinski definition) is 1. The van der Waals surface area contributed by atoms with E-state index in [9.17, 15) is 0 Å². The maximum Gasteiger partial charge on any atom is 0.156 e. The Hall–Kier alpha value is -2.43. The van der Waals surface area contributed by atoms with E-state index in [2.05, 4.69) is 33.7 Å². The largest absolute Gasteiger partial charge is 0.383 e. The number of aromatic nitrogens is 2. The smallest absolute Gasteiger partial charge is 0.156 e. The molecule has 0 saturated heterocycles. The molecule has 1 heterocycles. The van der Waals surface area contributed by atoms with Gasteiger partial charge in [0.1, 0.15) is 0 Å². The number of rotatable bonds is 6. The zero-order valence-electron chi connectivity index (χ0n) is 13.5. The Bertz CT molecular complexity index is 751. The lowest BCUT2D eigenvalue weighted by atomic mass is 10.0. The minimum atomic E-state index is 0. The van der Waals surface area contributed by atoms with Crippen LogP contribution < -0.4 is 5.32 Å². The first-order valence-corrected chi connectivity index (χ1v) is 7.60. The third-order valence-electron chi connectivity index (χ3n) is 3.55. The third kappa shape index (κ3) is 4.31. The van der Waals surface area contributed by atoms with Crippen molar-refractivity contribution in [1.82, 2.24) is 10.2 Å². The molecule has 24 heavy (non-hydrogen) atoms. The van der Waals surface area contributed by atoms with E-state index in [-0.39, 0.29) is 12.4 Å². The second kappa shape index (κ2) is 9.01. The number of anilines is 1. The van der Waals surface area contributed by atoms with Gasteiger partial charge in [0.2, 0.25) is 0 Å². The highest BCUT2D eigenvalue weighted by Gasteiger charge is 2.10. The van der Waals surface area contributed by atoms with Crippen molar-refractivity contribution in [3.8, 4) is 22.4 Å². The molecule has 5 heteroatoms. The Labute approximate surface area is 148 Å². The van der Waals surface area contributed by atoms with Crippen LogP contribution in [0.25, 0.3) is 22.4 Å². The molecule has 124 valence electrons. The summed E-state index contributed by atoms with van der Waals surface area (Å²) in [6, 6.07) is 22.4. The molecule has 0 aliphatic heterocycles. The number of methoxy groups -OCH3 is 1. The zero-order chi connectivity index (χ0) is 15.9. The lowest BCUT2D eigenvalue weighted by molar-refractivity contribution is 0.210. The predicted molar refractivity (Wildman–Crippen MR) is 101 cm³/mol. The van der Waals surface area contributed by atoms with Crippen molar-refractivity contribution in [2.24, 2.45) is 0 Å². The van der Waals surface area contributed by atoms with Crippen LogP contribution in [-0.2, 0) is 4.74 Å². The Balaban J connectivity index is 0.00000208. The number of halogens is 1. The molecule has 3 aromatic rings. The molecule has 0 atom stereocenters. The summed E-state index contributed by atoms with van der Waals surface area (Å²) in [7, 11) is 1.68. The van der Waals surface area contributed by atoms with Crippen LogP contribution in [0.3, 0.4) is 0 Å². The quantitative estimate of drug-likeness (QED) is 0.679. The normalized spacial score (nSPS) is 10.0. The van der Waals surface area contributed by atoms with Gasteiger partial charge in [0.05, 0.1) is 12.3 Å².